The lowest BCUT2D eigenvalue weighted by Gasteiger charge is -2.12. The first-order valence-corrected chi connectivity index (χ1v) is 7.93. The van der Waals surface area contributed by atoms with Crippen LogP contribution in [0.4, 0.5) is 0 Å². The highest BCUT2D eigenvalue weighted by atomic mass is 32.2. The third kappa shape index (κ3) is 4.38. The second-order valence-corrected chi connectivity index (χ2v) is 5.51. The molecule has 114 valence electrons. The Labute approximate surface area is 134 Å². The highest BCUT2D eigenvalue weighted by molar-refractivity contribution is 7.99. The molecule has 0 fully saturated rings. The van der Waals surface area contributed by atoms with Crippen molar-refractivity contribution >= 4 is 18.0 Å². The molecule has 0 atom stereocenters. The van der Waals surface area contributed by atoms with Gasteiger partial charge in [-0.1, -0.05) is 11.8 Å². The molecule has 0 aromatic heterocycles. The summed E-state index contributed by atoms with van der Waals surface area (Å²) >= 11 is 1.61. The van der Waals surface area contributed by atoms with Crippen LogP contribution in [-0.2, 0) is 0 Å². The summed E-state index contributed by atoms with van der Waals surface area (Å²) in [5.41, 5.74) is 9.38. The van der Waals surface area contributed by atoms with E-state index in [4.69, 9.17) is 15.0 Å². The van der Waals surface area contributed by atoms with Crippen LogP contribution in [-0.4, -0.2) is 24.2 Å². The largest absolute Gasteiger partial charge is 0.494 e. The van der Waals surface area contributed by atoms with Crippen molar-refractivity contribution < 1.29 is 14.3 Å². The van der Waals surface area contributed by atoms with Crippen molar-refractivity contribution in [3.05, 3.63) is 53.6 Å². The van der Waals surface area contributed by atoms with Crippen molar-refractivity contribution in [3.8, 4) is 11.5 Å². The quantitative estimate of drug-likeness (QED) is 0.435. The van der Waals surface area contributed by atoms with Crippen molar-refractivity contribution in [2.45, 2.75) is 23.6 Å². The second kappa shape index (κ2) is 8.27. The minimum atomic E-state index is 0.618. The van der Waals surface area contributed by atoms with Gasteiger partial charge in [-0.2, -0.15) is 4.79 Å². The normalized spacial score (nSPS) is 9.91. The van der Waals surface area contributed by atoms with Gasteiger partial charge >= 0.3 is 0 Å². The van der Waals surface area contributed by atoms with Gasteiger partial charge < -0.3 is 15.0 Å². The number of benzene rings is 2. The molecule has 0 saturated carbocycles. The Morgan fingerprint density at radius 3 is 2.41 bits per heavy atom. The Kier molecular flexibility index (Phi) is 6.07. The van der Waals surface area contributed by atoms with Crippen LogP contribution in [0.3, 0.4) is 0 Å². The van der Waals surface area contributed by atoms with Gasteiger partial charge in [-0.15, -0.1) is 0 Å². The molecule has 0 aliphatic rings. The molecular weight excluding hydrogens is 296 g/mol. The first kappa shape index (κ1) is 16.1. The third-order valence-corrected chi connectivity index (χ3v) is 3.89. The minimum Gasteiger partial charge on any atom is -0.494 e. The zero-order valence-electron chi connectivity index (χ0n) is 12.7. The van der Waals surface area contributed by atoms with E-state index in [1.54, 1.807) is 11.8 Å². The van der Waals surface area contributed by atoms with Crippen molar-refractivity contribution in [2.75, 3.05) is 13.2 Å². The predicted octanol–water partition coefficient (Wildman–Crippen LogP) is 4.28. The number of nitrogens with zero attached hydrogens (tertiary/aromatic N) is 2. The monoisotopic (exact) mass is 314 g/mol. The van der Waals surface area contributed by atoms with E-state index in [0.717, 1.165) is 26.9 Å². The zero-order chi connectivity index (χ0) is 15.8. The van der Waals surface area contributed by atoms with Gasteiger partial charge in [-0.3, -0.25) is 0 Å². The molecule has 0 radical (unpaired) electrons. The summed E-state index contributed by atoms with van der Waals surface area (Å²) in [5, 5.41) is 0. The topological polar surface area (TPSA) is 54.9 Å². The van der Waals surface area contributed by atoms with E-state index in [1.807, 2.05) is 56.3 Å². The van der Waals surface area contributed by atoms with Crippen LogP contribution in [0.5, 0.6) is 11.5 Å². The molecule has 0 amide bonds. The van der Waals surface area contributed by atoms with E-state index in [1.165, 1.54) is 6.21 Å². The number of rotatable bonds is 7. The molecular formula is C17H18N2O2S. The summed E-state index contributed by atoms with van der Waals surface area (Å²) in [4.78, 5) is 5.11. The average molecular weight is 314 g/mol. The molecule has 0 saturated heterocycles. The van der Waals surface area contributed by atoms with Gasteiger partial charge in [-0.05, 0) is 56.3 Å². The number of hydrogen-bond acceptors (Lipinski definition) is 3. The third-order valence-electron chi connectivity index (χ3n) is 2.84. The molecule has 2 rings (SSSR count). The molecule has 2 aromatic carbocycles. The van der Waals surface area contributed by atoms with Crippen LogP contribution in [0.2, 0.25) is 0 Å². The SMILES string of the molecule is CCOc1ccc(OCC)c(Sc2ccc(C=[N+]=[N-])cc2)c1. The fourth-order valence-corrected chi connectivity index (χ4v) is 2.84. The van der Waals surface area contributed by atoms with E-state index in [0.29, 0.717) is 13.2 Å². The number of ether oxygens (including phenoxy) is 2. The van der Waals surface area contributed by atoms with Crippen LogP contribution >= 0.6 is 11.8 Å². The van der Waals surface area contributed by atoms with Gasteiger partial charge in [0, 0.05) is 4.90 Å². The van der Waals surface area contributed by atoms with Crippen LogP contribution in [0.15, 0.2) is 52.3 Å². The van der Waals surface area contributed by atoms with Crippen LogP contribution < -0.4 is 9.47 Å². The molecule has 0 aliphatic heterocycles. The molecule has 0 bridgehead atoms. The van der Waals surface area contributed by atoms with Gasteiger partial charge in [0.2, 0.25) is 0 Å². The maximum Gasteiger partial charge on any atom is 0.287 e. The average Bonchev–Trinajstić information content (AvgIpc) is 2.52. The van der Waals surface area contributed by atoms with E-state index < -0.39 is 0 Å². The molecule has 2 aromatic rings. The van der Waals surface area contributed by atoms with E-state index >= 15 is 0 Å². The zero-order valence-corrected chi connectivity index (χ0v) is 13.5. The van der Waals surface area contributed by atoms with E-state index in [9.17, 15) is 0 Å². The van der Waals surface area contributed by atoms with Gasteiger partial charge in [-0.25, -0.2) is 0 Å². The van der Waals surface area contributed by atoms with Gasteiger partial charge in [0.1, 0.15) is 11.5 Å². The summed E-state index contributed by atoms with van der Waals surface area (Å²) in [7, 11) is 0. The Balaban J connectivity index is 2.25. The lowest BCUT2D eigenvalue weighted by atomic mass is 10.2. The maximum atomic E-state index is 8.53. The summed E-state index contributed by atoms with van der Waals surface area (Å²) < 4.78 is 11.2. The number of hydrogen-bond donors (Lipinski definition) is 0. The summed E-state index contributed by atoms with van der Waals surface area (Å²) in [6.45, 7) is 5.18. The second-order valence-electron chi connectivity index (χ2n) is 4.39. The van der Waals surface area contributed by atoms with Crippen molar-refractivity contribution in [1.29, 1.82) is 0 Å². The molecule has 0 heterocycles. The Bertz CT molecular complexity index is 665. The van der Waals surface area contributed by atoms with E-state index in [-0.39, 0.29) is 0 Å². The van der Waals surface area contributed by atoms with Crippen molar-refractivity contribution in [1.82, 2.24) is 0 Å². The Morgan fingerprint density at radius 2 is 1.77 bits per heavy atom. The Hall–Kier alpha value is -2.23. The first-order valence-electron chi connectivity index (χ1n) is 7.11. The van der Waals surface area contributed by atoms with Crippen molar-refractivity contribution in [2.24, 2.45) is 0 Å². The molecule has 0 spiro atoms. The van der Waals surface area contributed by atoms with Crippen LogP contribution in [0.1, 0.15) is 19.4 Å². The smallest absolute Gasteiger partial charge is 0.287 e. The summed E-state index contributed by atoms with van der Waals surface area (Å²) in [5.74, 6) is 1.68. The van der Waals surface area contributed by atoms with Gasteiger partial charge in [0.05, 0.1) is 23.7 Å². The minimum absolute atomic E-state index is 0.618. The lowest BCUT2D eigenvalue weighted by molar-refractivity contribution is 0.00456. The molecule has 0 aliphatic carbocycles. The Morgan fingerprint density at radius 1 is 1.05 bits per heavy atom. The summed E-state index contributed by atoms with van der Waals surface area (Å²) in [6, 6.07) is 13.6. The summed E-state index contributed by atoms with van der Waals surface area (Å²) in [6.07, 6.45) is 1.40. The lowest BCUT2D eigenvalue weighted by Crippen LogP contribution is -1.96. The fraction of sp³-hybridized carbons (Fsp3) is 0.235. The standard InChI is InChI=1S/C17H18N2O2S/c1-3-20-14-7-10-16(21-4-2)17(11-14)22-15-8-5-13(6-9-15)12-19-18/h5-12H,3-4H2,1-2H3. The van der Waals surface area contributed by atoms with E-state index in [2.05, 4.69) is 4.79 Å². The van der Waals surface area contributed by atoms with Crippen LogP contribution in [0, 0.1) is 0 Å². The maximum absolute atomic E-state index is 8.53. The molecule has 22 heavy (non-hydrogen) atoms. The molecule has 0 unspecified atom stereocenters. The highest BCUT2D eigenvalue weighted by Gasteiger charge is 2.08. The molecule has 5 heteroatoms. The highest BCUT2D eigenvalue weighted by Crippen LogP contribution is 2.37. The molecule has 0 N–H and O–H groups in total. The van der Waals surface area contributed by atoms with Gasteiger partial charge in [0.15, 0.2) is 0 Å². The van der Waals surface area contributed by atoms with Crippen molar-refractivity contribution in [3.63, 3.8) is 0 Å². The first-order chi connectivity index (χ1) is 10.8. The molecule has 4 nitrogen and oxygen atoms in total. The van der Waals surface area contributed by atoms with Crippen LogP contribution in [0.25, 0.3) is 5.53 Å². The van der Waals surface area contributed by atoms with Gasteiger partial charge in [0.25, 0.3) is 6.21 Å². The fourth-order valence-electron chi connectivity index (χ4n) is 1.91. The predicted molar refractivity (Wildman–Crippen MR) is 88.1 cm³/mol.